The second-order valence-corrected chi connectivity index (χ2v) is 8.38. The maximum atomic E-state index is 12.4. The lowest BCUT2D eigenvalue weighted by atomic mass is 10.2. The fraction of sp³-hybridized carbons (Fsp3) is 0.182. The average Bonchev–Trinajstić information content (AvgIpc) is 2.79. The van der Waals surface area contributed by atoms with Crippen LogP contribution in [0.15, 0.2) is 82.0 Å². The molecule has 2 N–H and O–H groups in total. The molecule has 0 bridgehead atoms. The predicted molar refractivity (Wildman–Crippen MR) is 119 cm³/mol. The number of rotatable bonds is 10. The molecule has 10 heteroatoms. The predicted octanol–water partition coefficient (Wildman–Crippen LogP) is 5.17. The van der Waals surface area contributed by atoms with E-state index in [4.69, 9.17) is 4.74 Å². The van der Waals surface area contributed by atoms with E-state index in [9.17, 15) is 18.3 Å². The van der Waals surface area contributed by atoms with E-state index in [-0.39, 0.29) is 22.0 Å². The first-order chi connectivity index (χ1) is 15.4. The molecular weight excluding hydrogens is 432 g/mol. The van der Waals surface area contributed by atoms with Crippen molar-refractivity contribution in [3.63, 3.8) is 0 Å². The van der Waals surface area contributed by atoms with Crippen molar-refractivity contribution in [2.45, 2.75) is 24.7 Å². The maximum absolute atomic E-state index is 12.4. The van der Waals surface area contributed by atoms with Gasteiger partial charge in [0.1, 0.15) is 17.1 Å². The highest BCUT2D eigenvalue weighted by atomic mass is 32.2. The van der Waals surface area contributed by atoms with Crippen LogP contribution in [-0.2, 0) is 10.0 Å². The Morgan fingerprint density at radius 1 is 1.06 bits per heavy atom. The van der Waals surface area contributed by atoms with Crippen molar-refractivity contribution in [2.75, 3.05) is 11.3 Å². The summed E-state index contributed by atoms with van der Waals surface area (Å²) < 4.78 is 32.8. The number of anilines is 1. The van der Waals surface area contributed by atoms with Crippen LogP contribution in [0.4, 0.5) is 17.2 Å². The van der Waals surface area contributed by atoms with E-state index in [0.29, 0.717) is 18.0 Å². The second kappa shape index (κ2) is 10.5. The summed E-state index contributed by atoms with van der Waals surface area (Å²) in [5.74, 6) is -0.629. The van der Waals surface area contributed by atoms with Gasteiger partial charge in [-0.25, -0.2) is 18.2 Å². The first-order valence-corrected chi connectivity index (χ1v) is 11.3. The molecule has 0 aliphatic heterocycles. The Balaban J connectivity index is 1.73. The molecule has 0 fully saturated rings. The molecule has 1 heterocycles. The summed E-state index contributed by atoms with van der Waals surface area (Å²) in [6, 6.07) is 15.2. The highest BCUT2D eigenvalue weighted by Crippen LogP contribution is 2.27. The number of hydrogen-bond acceptors (Lipinski definition) is 7. The third kappa shape index (κ3) is 6.11. The monoisotopic (exact) mass is 454 g/mol. The standard InChI is InChI=1S/C22H22N4O5S/c1-2-3-14-31-20-12-9-17(15-19(20)22(27)28)25-24-16-7-10-18(11-8-16)32(29,30)26-21-6-4-5-13-23-21/h4-13,15H,2-3,14H2,1H3,(H,23,26)(H,27,28). The maximum Gasteiger partial charge on any atom is 0.339 e. The van der Waals surface area contributed by atoms with E-state index < -0.39 is 16.0 Å². The Kier molecular flexibility index (Phi) is 7.50. The first kappa shape index (κ1) is 22.9. The molecular formula is C22H22N4O5S. The average molecular weight is 455 g/mol. The number of aromatic carboxylic acids is 1. The van der Waals surface area contributed by atoms with Crippen molar-refractivity contribution < 1.29 is 23.1 Å². The van der Waals surface area contributed by atoms with Gasteiger partial charge in [0.25, 0.3) is 10.0 Å². The van der Waals surface area contributed by atoms with Gasteiger partial charge in [-0.05, 0) is 61.0 Å². The molecule has 3 rings (SSSR count). The van der Waals surface area contributed by atoms with Gasteiger partial charge in [-0.15, -0.1) is 0 Å². The van der Waals surface area contributed by atoms with E-state index in [1.165, 1.54) is 36.5 Å². The second-order valence-electron chi connectivity index (χ2n) is 6.70. The van der Waals surface area contributed by atoms with Crippen molar-refractivity contribution in [1.82, 2.24) is 4.98 Å². The SMILES string of the molecule is CCCCOc1ccc(N=Nc2ccc(S(=O)(=O)Nc3ccccn3)cc2)cc1C(=O)O. The Morgan fingerprint density at radius 2 is 1.78 bits per heavy atom. The van der Waals surface area contributed by atoms with Crippen LogP contribution < -0.4 is 9.46 Å². The highest BCUT2D eigenvalue weighted by Gasteiger charge is 2.15. The smallest absolute Gasteiger partial charge is 0.339 e. The Hall–Kier alpha value is -3.79. The topological polar surface area (TPSA) is 130 Å². The van der Waals surface area contributed by atoms with Gasteiger partial charge in [-0.1, -0.05) is 19.4 Å². The number of unbranched alkanes of at least 4 members (excludes halogenated alkanes) is 1. The van der Waals surface area contributed by atoms with Crippen LogP contribution in [0.1, 0.15) is 30.1 Å². The molecule has 0 aliphatic rings. The van der Waals surface area contributed by atoms with Crippen LogP contribution in [0.25, 0.3) is 0 Å². The van der Waals surface area contributed by atoms with Crippen LogP contribution in [0.3, 0.4) is 0 Å². The van der Waals surface area contributed by atoms with Crippen molar-refractivity contribution in [3.8, 4) is 5.75 Å². The molecule has 0 radical (unpaired) electrons. The minimum Gasteiger partial charge on any atom is -0.493 e. The zero-order chi connectivity index (χ0) is 23.0. The van der Waals surface area contributed by atoms with Gasteiger partial charge in [-0.3, -0.25) is 4.72 Å². The normalized spacial score (nSPS) is 11.4. The van der Waals surface area contributed by atoms with Crippen LogP contribution in [0.2, 0.25) is 0 Å². The zero-order valence-electron chi connectivity index (χ0n) is 17.3. The largest absolute Gasteiger partial charge is 0.493 e. The highest BCUT2D eigenvalue weighted by molar-refractivity contribution is 7.92. The number of aromatic nitrogens is 1. The number of ether oxygens (including phenoxy) is 1. The quantitative estimate of drug-likeness (QED) is 0.321. The first-order valence-electron chi connectivity index (χ1n) is 9.85. The van der Waals surface area contributed by atoms with Gasteiger partial charge < -0.3 is 9.84 Å². The number of azo groups is 1. The van der Waals surface area contributed by atoms with E-state index in [0.717, 1.165) is 12.8 Å². The molecule has 1 aromatic heterocycles. The van der Waals surface area contributed by atoms with Gasteiger partial charge in [0.15, 0.2) is 0 Å². The van der Waals surface area contributed by atoms with Crippen LogP contribution in [0, 0.1) is 0 Å². The Morgan fingerprint density at radius 3 is 2.44 bits per heavy atom. The number of hydrogen-bond donors (Lipinski definition) is 2. The molecule has 32 heavy (non-hydrogen) atoms. The van der Waals surface area contributed by atoms with E-state index in [1.807, 2.05) is 6.92 Å². The Bertz CT molecular complexity index is 1200. The molecule has 0 spiro atoms. The number of nitrogens with one attached hydrogen (secondary N) is 1. The van der Waals surface area contributed by atoms with Gasteiger partial charge in [0.2, 0.25) is 0 Å². The summed E-state index contributed by atoms with van der Waals surface area (Å²) in [7, 11) is -3.79. The molecule has 166 valence electrons. The molecule has 9 nitrogen and oxygen atoms in total. The zero-order valence-corrected chi connectivity index (χ0v) is 18.1. The fourth-order valence-corrected chi connectivity index (χ4v) is 3.64. The van der Waals surface area contributed by atoms with Crippen molar-refractivity contribution in [3.05, 3.63) is 72.4 Å². The molecule has 2 aromatic carbocycles. The summed E-state index contributed by atoms with van der Waals surface area (Å²) in [6.45, 7) is 2.45. The number of carboxylic acid groups (broad SMARTS) is 1. The minimum absolute atomic E-state index is 0.000379. The number of sulfonamides is 1. The molecule has 0 amide bonds. The number of pyridine rings is 1. The van der Waals surface area contributed by atoms with Gasteiger partial charge >= 0.3 is 5.97 Å². The van der Waals surface area contributed by atoms with Gasteiger partial charge in [0, 0.05) is 6.20 Å². The summed E-state index contributed by atoms with van der Waals surface area (Å²) >= 11 is 0. The third-order valence-electron chi connectivity index (χ3n) is 4.28. The van der Waals surface area contributed by atoms with E-state index >= 15 is 0 Å². The van der Waals surface area contributed by atoms with Gasteiger partial charge in [-0.2, -0.15) is 10.2 Å². The number of benzene rings is 2. The minimum atomic E-state index is -3.79. The molecule has 0 saturated heterocycles. The van der Waals surface area contributed by atoms with Crippen molar-refractivity contribution in [1.29, 1.82) is 0 Å². The van der Waals surface area contributed by atoms with E-state index in [1.54, 1.807) is 30.3 Å². The lowest BCUT2D eigenvalue weighted by molar-refractivity contribution is 0.0692. The van der Waals surface area contributed by atoms with E-state index in [2.05, 4.69) is 19.9 Å². The number of carbonyl (C=O) groups is 1. The van der Waals surface area contributed by atoms with Crippen molar-refractivity contribution in [2.24, 2.45) is 10.2 Å². The summed E-state index contributed by atoms with van der Waals surface area (Å²) in [5, 5.41) is 17.5. The molecule has 0 aliphatic carbocycles. The van der Waals surface area contributed by atoms with Gasteiger partial charge in [0.05, 0.1) is 22.9 Å². The summed E-state index contributed by atoms with van der Waals surface area (Å²) in [5.41, 5.74) is 0.736. The summed E-state index contributed by atoms with van der Waals surface area (Å²) in [6.07, 6.45) is 3.25. The lowest BCUT2D eigenvalue weighted by Crippen LogP contribution is -2.13. The van der Waals surface area contributed by atoms with Crippen molar-refractivity contribution >= 4 is 33.2 Å². The fourth-order valence-electron chi connectivity index (χ4n) is 2.63. The molecule has 0 unspecified atom stereocenters. The number of carboxylic acids is 1. The molecule has 0 saturated carbocycles. The van der Waals surface area contributed by atoms with Crippen LogP contribution >= 0.6 is 0 Å². The molecule has 3 aromatic rings. The lowest BCUT2D eigenvalue weighted by Gasteiger charge is -2.09. The Labute approximate surface area is 185 Å². The molecule has 0 atom stereocenters. The van der Waals surface area contributed by atoms with Crippen LogP contribution in [-0.4, -0.2) is 31.1 Å². The third-order valence-corrected chi connectivity index (χ3v) is 5.65. The summed E-state index contributed by atoms with van der Waals surface area (Å²) in [4.78, 5) is 15.5. The number of nitrogens with zero attached hydrogens (tertiary/aromatic N) is 3. The van der Waals surface area contributed by atoms with Crippen LogP contribution in [0.5, 0.6) is 5.75 Å².